The fraction of sp³-hybridized carbons (Fsp3) is 0.417. The Kier molecular flexibility index (Phi) is 8.04. The van der Waals surface area contributed by atoms with Crippen LogP contribution < -0.4 is 5.32 Å². The number of amides is 1. The molecule has 0 radical (unpaired) electrons. The van der Waals surface area contributed by atoms with Crippen LogP contribution >= 0.6 is 24.2 Å². The van der Waals surface area contributed by atoms with Crippen molar-refractivity contribution in [3.8, 4) is 0 Å². The predicted octanol–water partition coefficient (Wildman–Crippen LogP) is 2.12. The van der Waals surface area contributed by atoms with Crippen molar-refractivity contribution in [2.24, 2.45) is 0 Å². The van der Waals surface area contributed by atoms with E-state index in [9.17, 15) is 4.79 Å². The number of nitrogens with one attached hydrogen (secondary N) is 1. The van der Waals surface area contributed by atoms with Crippen molar-refractivity contribution in [3.05, 3.63) is 29.8 Å². The van der Waals surface area contributed by atoms with E-state index in [2.05, 4.69) is 5.32 Å². The van der Waals surface area contributed by atoms with Crippen molar-refractivity contribution in [1.29, 1.82) is 0 Å². The van der Waals surface area contributed by atoms with Crippen LogP contribution in [0.25, 0.3) is 0 Å². The number of likely N-dealkylation sites (N-methyl/N-ethyl adjacent to an activating group) is 2. The highest BCUT2D eigenvalue weighted by Crippen LogP contribution is 2.15. The highest BCUT2D eigenvalue weighted by atomic mass is 35.5. The van der Waals surface area contributed by atoms with E-state index in [-0.39, 0.29) is 18.3 Å². The van der Waals surface area contributed by atoms with E-state index in [4.69, 9.17) is 0 Å². The maximum atomic E-state index is 11.9. The molecule has 0 aromatic heterocycles. The molecule has 0 aliphatic heterocycles. The van der Waals surface area contributed by atoms with Gasteiger partial charge in [0, 0.05) is 30.6 Å². The van der Waals surface area contributed by atoms with Gasteiger partial charge in [-0.1, -0.05) is 0 Å². The number of thioether (sulfide) groups is 1. The van der Waals surface area contributed by atoms with Crippen molar-refractivity contribution in [2.45, 2.75) is 4.90 Å². The molecule has 0 bridgehead atoms. The summed E-state index contributed by atoms with van der Waals surface area (Å²) >= 11 is 1.68. The average Bonchev–Trinajstić information content (AvgIpc) is 2.35. The minimum atomic E-state index is 0. The van der Waals surface area contributed by atoms with Gasteiger partial charge in [0.25, 0.3) is 5.91 Å². The molecule has 96 valence electrons. The van der Waals surface area contributed by atoms with Gasteiger partial charge in [-0.2, -0.15) is 0 Å². The standard InChI is InChI=1S/C12H18N2OS.ClH/c1-13-8-9-14(2)12(15)10-4-6-11(16-3)7-5-10;/h4-7,13H,8-9H2,1-3H3;1H. The number of benzene rings is 1. The molecular weight excluding hydrogens is 256 g/mol. The lowest BCUT2D eigenvalue weighted by molar-refractivity contribution is 0.0797. The van der Waals surface area contributed by atoms with E-state index < -0.39 is 0 Å². The summed E-state index contributed by atoms with van der Waals surface area (Å²) in [5.74, 6) is 0.0721. The molecule has 0 aliphatic carbocycles. The minimum Gasteiger partial charge on any atom is -0.340 e. The van der Waals surface area contributed by atoms with E-state index in [0.29, 0.717) is 0 Å². The van der Waals surface area contributed by atoms with Gasteiger partial charge < -0.3 is 10.2 Å². The largest absolute Gasteiger partial charge is 0.340 e. The molecule has 0 aliphatic rings. The first kappa shape index (κ1) is 16.3. The number of halogens is 1. The van der Waals surface area contributed by atoms with Crippen LogP contribution in [0, 0.1) is 0 Å². The molecule has 1 aromatic rings. The molecule has 5 heteroatoms. The van der Waals surface area contributed by atoms with Gasteiger partial charge in [-0.05, 0) is 37.6 Å². The summed E-state index contributed by atoms with van der Waals surface area (Å²) in [6, 6.07) is 7.71. The third kappa shape index (κ3) is 4.98. The highest BCUT2D eigenvalue weighted by Gasteiger charge is 2.10. The number of nitrogens with zero attached hydrogens (tertiary/aromatic N) is 1. The van der Waals surface area contributed by atoms with E-state index >= 15 is 0 Å². The Morgan fingerprint density at radius 1 is 1.35 bits per heavy atom. The van der Waals surface area contributed by atoms with Gasteiger partial charge in [0.2, 0.25) is 0 Å². The zero-order valence-electron chi connectivity index (χ0n) is 10.4. The SMILES string of the molecule is CNCCN(C)C(=O)c1ccc(SC)cc1.Cl. The predicted molar refractivity (Wildman–Crippen MR) is 76.4 cm³/mol. The molecule has 1 N–H and O–H groups in total. The molecule has 0 saturated heterocycles. The summed E-state index contributed by atoms with van der Waals surface area (Å²) in [6.45, 7) is 1.53. The summed E-state index contributed by atoms with van der Waals surface area (Å²) in [6.07, 6.45) is 2.02. The number of hydrogen-bond donors (Lipinski definition) is 1. The van der Waals surface area contributed by atoms with Crippen LogP contribution in [0.1, 0.15) is 10.4 Å². The monoisotopic (exact) mass is 274 g/mol. The fourth-order valence-electron chi connectivity index (χ4n) is 1.34. The molecule has 17 heavy (non-hydrogen) atoms. The van der Waals surface area contributed by atoms with Crippen molar-refractivity contribution >= 4 is 30.1 Å². The molecule has 3 nitrogen and oxygen atoms in total. The fourth-order valence-corrected chi connectivity index (χ4v) is 1.74. The Labute approximate surface area is 113 Å². The van der Waals surface area contributed by atoms with Crippen molar-refractivity contribution in [3.63, 3.8) is 0 Å². The zero-order chi connectivity index (χ0) is 12.0. The van der Waals surface area contributed by atoms with Gasteiger partial charge in [0.05, 0.1) is 0 Å². The smallest absolute Gasteiger partial charge is 0.253 e. The molecule has 0 fully saturated rings. The molecule has 0 spiro atoms. The molecule has 0 saturated carbocycles. The molecule has 1 amide bonds. The Balaban J connectivity index is 0.00000256. The van der Waals surface area contributed by atoms with Crippen LogP contribution in [0.15, 0.2) is 29.2 Å². The first-order chi connectivity index (χ1) is 7.69. The van der Waals surface area contributed by atoms with Gasteiger partial charge >= 0.3 is 0 Å². The Morgan fingerprint density at radius 3 is 2.41 bits per heavy atom. The maximum absolute atomic E-state index is 11.9. The number of carbonyl (C=O) groups is 1. The minimum absolute atomic E-state index is 0. The molecule has 1 aromatic carbocycles. The lowest BCUT2D eigenvalue weighted by Gasteiger charge is -2.16. The third-order valence-electron chi connectivity index (χ3n) is 2.38. The first-order valence-corrected chi connectivity index (χ1v) is 6.45. The van der Waals surface area contributed by atoms with E-state index in [1.807, 2.05) is 44.6 Å². The second-order valence-electron chi connectivity index (χ2n) is 3.56. The summed E-state index contributed by atoms with van der Waals surface area (Å²) in [5, 5.41) is 3.03. The van der Waals surface area contributed by atoms with Crippen LogP contribution in [0.3, 0.4) is 0 Å². The Hall–Kier alpha value is -0.710. The topological polar surface area (TPSA) is 32.3 Å². The van der Waals surface area contributed by atoms with Gasteiger partial charge in [0.1, 0.15) is 0 Å². The van der Waals surface area contributed by atoms with Crippen LogP contribution in [0.4, 0.5) is 0 Å². The van der Waals surface area contributed by atoms with Gasteiger partial charge in [-0.3, -0.25) is 4.79 Å². The average molecular weight is 275 g/mol. The van der Waals surface area contributed by atoms with Gasteiger partial charge in [-0.25, -0.2) is 0 Å². The van der Waals surface area contributed by atoms with Crippen molar-refractivity contribution in [2.75, 3.05) is 33.4 Å². The number of rotatable bonds is 5. The summed E-state index contributed by atoms with van der Waals surface area (Å²) < 4.78 is 0. The maximum Gasteiger partial charge on any atom is 0.253 e. The van der Waals surface area contributed by atoms with Gasteiger partial charge in [0.15, 0.2) is 0 Å². The molecule has 0 unspecified atom stereocenters. The van der Waals surface area contributed by atoms with Crippen LogP contribution in [0.2, 0.25) is 0 Å². The van der Waals surface area contributed by atoms with Gasteiger partial charge in [-0.15, -0.1) is 24.2 Å². The lowest BCUT2D eigenvalue weighted by atomic mass is 10.2. The van der Waals surface area contributed by atoms with E-state index in [1.54, 1.807) is 16.7 Å². The van der Waals surface area contributed by atoms with Crippen LogP contribution in [-0.2, 0) is 0 Å². The zero-order valence-corrected chi connectivity index (χ0v) is 12.0. The highest BCUT2D eigenvalue weighted by molar-refractivity contribution is 7.98. The van der Waals surface area contributed by atoms with Crippen LogP contribution in [0.5, 0.6) is 0 Å². The number of carbonyl (C=O) groups excluding carboxylic acids is 1. The summed E-state index contributed by atoms with van der Waals surface area (Å²) in [7, 11) is 3.70. The number of hydrogen-bond acceptors (Lipinski definition) is 3. The normalized spacial score (nSPS) is 9.59. The second-order valence-corrected chi connectivity index (χ2v) is 4.44. The lowest BCUT2D eigenvalue weighted by Crippen LogP contribution is -2.32. The molecule has 1 rings (SSSR count). The molecular formula is C12H19ClN2OS. The Bertz CT molecular complexity index is 343. The first-order valence-electron chi connectivity index (χ1n) is 5.23. The second kappa shape index (κ2) is 8.39. The summed E-state index contributed by atoms with van der Waals surface area (Å²) in [5.41, 5.74) is 0.747. The van der Waals surface area contributed by atoms with E-state index in [1.165, 1.54) is 4.90 Å². The molecule has 0 heterocycles. The van der Waals surface area contributed by atoms with Crippen molar-refractivity contribution in [1.82, 2.24) is 10.2 Å². The Morgan fingerprint density at radius 2 is 1.94 bits per heavy atom. The summed E-state index contributed by atoms with van der Waals surface area (Å²) in [4.78, 5) is 14.8. The third-order valence-corrected chi connectivity index (χ3v) is 3.12. The van der Waals surface area contributed by atoms with Crippen LogP contribution in [-0.4, -0.2) is 44.2 Å². The molecule has 0 atom stereocenters. The van der Waals surface area contributed by atoms with E-state index in [0.717, 1.165) is 18.7 Å². The quantitative estimate of drug-likeness (QED) is 0.835. The van der Waals surface area contributed by atoms with Crippen molar-refractivity contribution < 1.29 is 4.79 Å².